The summed E-state index contributed by atoms with van der Waals surface area (Å²) in [6.07, 6.45) is 1.94. The normalized spacial score (nSPS) is 20.2. The second kappa shape index (κ2) is 4.94. The molecule has 1 aliphatic heterocycles. The number of ether oxygens (including phenoxy) is 2. The average molecular weight is 318 g/mol. The van der Waals surface area contributed by atoms with Gasteiger partial charge < -0.3 is 9.47 Å². The van der Waals surface area contributed by atoms with Crippen molar-refractivity contribution < 1.29 is 14.3 Å². The third-order valence-corrected chi connectivity index (χ3v) is 3.22. The quantitative estimate of drug-likeness (QED) is 0.634. The van der Waals surface area contributed by atoms with E-state index in [1.165, 1.54) is 0 Å². The van der Waals surface area contributed by atoms with Gasteiger partial charge in [-0.3, -0.25) is 4.79 Å². The summed E-state index contributed by atoms with van der Waals surface area (Å²) in [5.74, 6) is 0.806. The number of benzene rings is 1. The number of hydrogen-bond donors (Lipinski definition) is 0. The van der Waals surface area contributed by atoms with Gasteiger partial charge in [-0.05, 0) is 40.8 Å². The maximum Gasteiger partial charge on any atom is 0.151 e. The van der Waals surface area contributed by atoms with Crippen LogP contribution in [-0.4, -0.2) is 25.6 Å². The summed E-state index contributed by atoms with van der Waals surface area (Å²) in [6, 6.07) is 5.48. The molecule has 3 nitrogen and oxygen atoms in total. The Morgan fingerprint density at radius 1 is 1.53 bits per heavy atom. The third kappa shape index (κ3) is 2.69. The maximum atomic E-state index is 10.6. The average Bonchev–Trinajstić information content (AvgIpc) is 2.71. The molecule has 1 aliphatic rings. The van der Waals surface area contributed by atoms with Gasteiger partial charge in [0.2, 0.25) is 0 Å². The molecule has 0 aliphatic carbocycles. The fourth-order valence-corrected chi connectivity index (χ4v) is 2.09. The van der Waals surface area contributed by atoms with Gasteiger partial charge in [-0.2, -0.15) is 0 Å². The van der Waals surface area contributed by atoms with Crippen molar-refractivity contribution in [1.29, 1.82) is 0 Å². The Morgan fingerprint density at radius 3 is 3.00 bits per heavy atom. The van der Waals surface area contributed by atoms with Gasteiger partial charge >= 0.3 is 0 Å². The summed E-state index contributed by atoms with van der Waals surface area (Å²) < 4.78 is 11.8. The molecule has 1 heterocycles. The Bertz CT molecular complexity index is 359. The summed E-state index contributed by atoms with van der Waals surface area (Å²) in [4.78, 5) is 10.6. The topological polar surface area (TPSA) is 35.5 Å². The van der Waals surface area contributed by atoms with E-state index in [-0.39, 0.29) is 6.10 Å². The Hall–Kier alpha value is -0.620. The Balaban J connectivity index is 2.08. The molecule has 80 valence electrons. The van der Waals surface area contributed by atoms with Crippen LogP contribution in [0, 0.1) is 3.57 Å². The van der Waals surface area contributed by atoms with Crippen LogP contribution in [0.5, 0.6) is 5.75 Å². The highest BCUT2D eigenvalue weighted by molar-refractivity contribution is 14.1. The van der Waals surface area contributed by atoms with Crippen LogP contribution >= 0.6 is 22.6 Å². The third-order valence-electron chi connectivity index (χ3n) is 2.29. The van der Waals surface area contributed by atoms with E-state index < -0.39 is 0 Å². The molecule has 1 saturated heterocycles. The molecule has 0 spiro atoms. The molecule has 1 aromatic carbocycles. The van der Waals surface area contributed by atoms with Crippen LogP contribution in [0.1, 0.15) is 16.8 Å². The SMILES string of the molecule is O=Cc1ccc(OC2CCOC2)cc1I. The monoisotopic (exact) mass is 318 g/mol. The van der Waals surface area contributed by atoms with Gasteiger partial charge in [0, 0.05) is 15.6 Å². The van der Waals surface area contributed by atoms with Gasteiger partial charge in [0.25, 0.3) is 0 Å². The van der Waals surface area contributed by atoms with Crippen molar-refractivity contribution in [2.24, 2.45) is 0 Å². The predicted molar refractivity (Wildman–Crippen MR) is 64.4 cm³/mol. The van der Waals surface area contributed by atoms with E-state index in [1.807, 2.05) is 12.1 Å². The molecule has 0 amide bonds. The van der Waals surface area contributed by atoms with Gasteiger partial charge in [-0.25, -0.2) is 0 Å². The lowest BCUT2D eigenvalue weighted by atomic mass is 10.2. The fraction of sp³-hybridized carbons (Fsp3) is 0.364. The van der Waals surface area contributed by atoms with Crippen LogP contribution in [-0.2, 0) is 4.74 Å². The molecule has 1 unspecified atom stereocenters. The van der Waals surface area contributed by atoms with Gasteiger partial charge in [0.05, 0.1) is 13.2 Å². The lowest BCUT2D eigenvalue weighted by Gasteiger charge is -2.12. The molecule has 4 heteroatoms. The zero-order valence-corrected chi connectivity index (χ0v) is 10.3. The van der Waals surface area contributed by atoms with Crippen molar-refractivity contribution >= 4 is 28.9 Å². The Kier molecular flexibility index (Phi) is 3.58. The molecule has 1 atom stereocenters. The summed E-state index contributed by atoms with van der Waals surface area (Å²) in [5.41, 5.74) is 0.700. The molecular formula is C11H11IO3. The van der Waals surface area contributed by atoms with Crippen LogP contribution in [0.2, 0.25) is 0 Å². The number of halogens is 1. The highest BCUT2D eigenvalue weighted by Crippen LogP contribution is 2.21. The van der Waals surface area contributed by atoms with Gasteiger partial charge in [0.15, 0.2) is 6.29 Å². The molecule has 15 heavy (non-hydrogen) atoms. The van der Waals surface area contributed by atoms with E-state index in [4.69, 9.17) is 9.47 Å². The van der Waals surface area contributed by atoms with Crippen molar-refractivity contribution in [1.82, 2.24) is 0 Å². The van der Waals surface area contributed by atoms with Crippen molar-refractivity contribution in [3.63, 3.8) is 0 Å². The van der Waals surface area contributed by atoms with E-state index in [0.29, 0.717) is 12.2 Å². The second-order valence-corrected chi connectivity index (χ2v) is 4.57. The molecule has 0 saturated carbocycles. The van der Waals surface area contributed by atoms with Crippen LogP contribution < -0.4 is 4.74 Å². The zero-order valence-electron chi connectivity index (χ0n) is 8.11. The summed E-state index contributed by atoms with van der Waals surface area (Å²) in [6.45, 7) is 1.43. The predicted octanol–water partition coefficient (Wildman–Crippen LogP) is 2.27. The van der Waals surface area contributed by atoms with Crippen molar-refractivity contribution in [3.8, 4) is 5.75 Å². The van der Waals surface area contributed by atoms with Crippen LogP contribution in [0.15, 0.2) is 18.2 Å². The molecular weight excluding hydrogens is 307 g/mol. The Morgan fingerprint density at radius 2 is 2.40 bits per heavy atom. The smallest absolute Gasteiger partial charge is 0.151 e. The first kappa shape index (κ1) is 10.9. The van der Waals surface area contributed by atoms with E-state index in [0.717, 1.165) is 28.6 Å². The van der Waals surface area contributed by atoms with Crippen LogP contribution in [0.4, 0.5) is 0 Å². The standard InChI is InChI=1S/C11H11IO3/c12-11-5-9(2-1-8(11)6-13)15-10-3-4-14-7-10/h1-2,5-6,10H,3-4,7H2. The van der Waals surface area contributed by atoms with E-state index in [2.05, 4.69) is 22.6 Å². The largest absolute Gasteiger partial charge is 0.488 e. The fourth-order valence-electron chi connectivity index (χ4n) is 1.48. The van der Waals surface area contributed by atoms with E-state index in [9.17, 15) is 4.79 Å². The summed E-state index contributed by atoms with van der Waals surface area (Å²) in [7, 11) is 0. The Labute approximate surface area is 102 Å². The molecule has 0 N–H and O–H groups in total. The maximum absolute atomic E-state index is 10.6. The van der Waals surface area contributed by atoms with Crippen molar-refractivity contribution in [2.45, 2.75) is 12.5 Å². The second-order valence-electron chi connectivity index (χ2n) is 3.40. The highest BCUT2D eigenvalue weighted by atomic mass is 127. The minimum absolute atomic E-state index is 0.155. The first-order valence-electron chi connectivity index (χ1n) is 4.79. The summed E-state index contributed by atoms with van der Waals surface area (Å²) in [5, 5.41) is 0. The van der Waals surface area contributed by atoms with Crippen LogP contribution in [0.25, 0.3) is 0 Å². The number of rotatable bonds is 3. The van der Waals surface area contributed by atoms with Crippen molar-refractivity contribution in [2.75, 3.05) is 13.2 Å². The first-order chi connectivity index (χ1) is 7.29. The first-order valence-corrected chi connectivity index (χ1v) is 5.86. The molecule has 1 aromatic rings. The van der Waals surface area contributed by atoms with Crippen molar-refractivity contribution in [3.05, 3.63) is 27.3 Å². The number of aldehydes is 1. The number of carbonyl (C=O) groups excluding carboxylic acids is 1. The summed E-state index contributed by atoms with van der Waals surface area (Å²) >= 11 is 2.13. The molecule has 0 aromatic heterocycles. The van der Waals surface area contributed by atoms with Gasteiger partial charge in [0.1, 0.15) is 11.9 Å². The van der Waals surface area contributed by atoms with Crippen LogP contribution in [0.3, 0.4) is 0 Å². The highest BCUT2D eigenvalue weighted by Gasteiger charge is 2.17. The number of hydrogen-bond acceptors (Lipinski definition) is 3. The minimum atomic E-state index is 0.155. The molecule has 1 fully saturated rings. The molecule has 0 radical (unpaired) electrons. The van der Waals surface area contributed by atoms with E-state index >= 15 is 0 Å². The van der Waals surface area contributed by atoms with E-state index in [1.54, 1.807) is 6.07 Å². The minimum Gasteiger partial charge on any atom is -0.488 e. The molecule has 2 rings (SSSR count). The lowest BCUT2D eigenvalue weighted by molar-refractivity contribution is 0.112. The lowest BCUT2D eigenvalue weighted by Crippen LogP contribution is -2.15. The zero-order chi connectivity index (χ0) is 10.7. The number of carbonyl (C=O) groups is 1. The van der Waals surface area contributed by atoms with Gasteiger partial charge in [-0.15, -0.1) is 0 Å². The molecule has 0 bridgehead atoms. The van der Waals surface area contributed by atoms with Gasteiger partial charge in [-0.1, -0.05) is 0 Å².